The third-order valence-electron chi connectivity index (χ3n) is 1.77. The lowest BCUT2D eigenvalue weighted by Crippen LogP contribution is -2.29. The molecule has 1 aromatic rings. The second kappa shape index (κ2) is 4.54. The molecule has 0 heterocycles. The van der Waals surface area contributed by atoms with E-state index in [0.29, 0.717) is 0 Å². The number of hydrogen-bond acceptors (Lipinski definition) is 2. The SMILES string of the molecule is Cc1ccc(F)c(C(=O)NCC(=O)O)c1. The molecule has 1 amide bonds. The van der Waals surface area contributed by atoms with E-state index < -0.39 is 24.2 Å². The number of benzene rings is 1. The molecule has 1 rings (SSSR count). The highest BCUT2D eigenvalue weighted by Gasteiger charge is 2.12. The van der Waals surface area contributed by atoms with Crippen molar-refractivity contribution in [2.24, 2.45) is 0 Å². The second-order valence-corrected chi connectivity index (χ2v) is 3.06. The Morgan fingerprint density at radius 1 is 1.47 bits per heavy atom. The molecule has 0 aliphatic carbocycles. The van der Waals surface area contributed by atoms with E-state index in [9.17, 15) is 14.0 Å². The van der Waals surface area contributed by atoms with Crippen molar-refractivity contribution in [2.45, 2.75) is 6.92 Å². The Morgan fingerprint density at radius 3 is 2.73 bits per heavy atom. The number of nitrogens with one attached hydrogen (secondary N) is 1. The highest BCUT2D eigenvalue weighted by atomic mass is 19.1. The van der Waals surface area contributed by atoms with Gasteiger partial charge < -0.3 is 10.4 Å². The van der Waals surface area contributed by atoms with E-state index in [-0.39, 0.29) is 5.56 Å². The van der Waals surface area contributed by atoms with Crippen LogP contribution in [0.25, 0.3) is 0 Å². The number of carboxylic acids is 1. The average molecular weight is 211 g/mol. The summed E-state index contributed by atoms with van der Waals surface area (Å²) in [6.07, 6.45) is 0. The molecule has 2 N–H and O–H groups in total. The molecule has 0 saturated carbocycles. The summed E-state index contributed by atoms with van der Waals surface area (Å²) in [5.74, 6) is -2.56. The normalized spacial score (nSPS) is 9.73. The maximum Gasteiger partial charge on any atom is 0.322 e. The summed E-state index contributed by atoms with van der Waals surface area (Å²) < 4.78 is 13.1. The Morgan fingerprint density at radius 2 is 2.13 bits per heavy atom. The molecule has 0 aliphatic rings. The molecule has 0 fully saturated rings. The van der Waals surface area contributed by atoms with Crippen LogP contribution in [0.3, 0.4) is 0 Å². The molecule has 0 aliphatic heterocycles. The Bertz CT molecular complexity index is 404. The zero-order chi connectivity index (χ0) is 11.4. The summed E-state index contributed by atoms with van der Waals surface area (Å²) in [4.78, 5) is 21.5. The topological polar surface area (TPSA) is 66.4 Å². The van der Waals surface area contributed by atoms with Crippen LogP contribution < -0.4 is 5.32 Å². The first kappa shape index (κ1) is 11.2. The number of aliphatic carboxylic acids is 1. The van der Waals surface area contributed by atoms with E-state index in [1.165, 1.54) is 18.2 Å². The molecule has 0 unspecified atom stereocenters. The van der Waals surface area contributed by atoms with Crippen LogP contribution in [0, 0.1) is 12.7 Å². The highest BCUT2D eigenvalue weighted by molar-refractivity contribution is 5.96. The van der Waals surface area contributed by atoms with Crippen molar-refractivity contribution in [1.82, 2.24) is 5.32 Å². The average Bonchev–Trinajstić information content (AvgIpc) is 2.18. The molecule has 4 nitrogen and oxygen atoms in total. The van der Waals surface area contributed by atoms with Gasteiger partial charge in [0.1, 0.15) is 12.4 Å². The minimum atomic E-state index is -1.17. The number of aryl methyl sites for hydroxylation is 1. The van der Waals surface area contributed by atoms with Crippen LogP contribution in [0.4, 0.5) is 4.39 Å². The monoisotopic (exact) mass is 211 g/mol. The van der Waals surface area contributed by atoms with Crippen molar-refractivity contribution in [3.63, 3.8) is 0 Å². The lowest BCUT2D eigenvalue weighted by Gasteiger charge is -2.04. The fourth-order valence-electron chi connectivity index (χ4n) is 1.06. The molecule has 0 aromatic heterocycles. The zero-order valence-corrected chi connectivity index (χ0v) is 8.08. The lowest BCUT2D eigenvalue weighted by molar-refractivity contribution is -0.135. The first-order valence-corrected chi connectivity index (χ1v) is 4.27. The van der Waals surface area contributed by atoms with Crippen LogP contribution in [0.2, 0.25) is 0 Å². The van der Waals surface area contributed by atoms with E-state index in [0.717, 1.165) is 5.56 Å². The van der Waals surface area contributed by atoms with Crippen molar-refractivity contribution in [1.29, 1.82) is 0 Å². The fraction of sp³-hybridized carbons (Fsp3) is 0.200. The van der Waals surface area contributed by atoms with Gasteiger partial charge in [-0.3, -0.25) is 9.59 Å². The standard InChI is InChI=1S/C10H10FNO3/c1-6-2-3-8(11)7(4-6)10(15)12-5-9(13)14/h2-4H,5H2,1H3,(H,12,15)(H,13,14). The minimum Gasteiger partial charge on any atom is -0.480 e. The maximum absolute atomic E-state index is 13.1. The van der Waals surface area contributed by atoms with Gasteiger partial charge in [-0.15, -0.1) is 0 Å². The molecule has 15 heavy (non-hydrogen) atoms. The lowest BCUT2D eigenvalue weighted by atomic mass is 10.1. The van der Waals surface area contributed by atoms with E-state index in [1.807, 2.05) is 0 Å². The molecule has 80 valence electrons. The van der Waals surface area contributed by atoms with Crippen molar-refractivity contribution < 1.29 is 19.1 Å². The third-order valence-corrected chi connectivity index (χ3v) is 1.77. The van der Waals surface area contributed by atoms with Gasteiger partial charge in [-0.2, -0.15) is 0 Å². The maximum atomic E-state index is 13.1. The second-order valence-electron chi connectivity index (χ2n) is 3.06. The molecule has 0 bridgehead atoms. The quantitative estimate of drug-likeness (QED) is 0.782. The number of carbonyl (C=O) groups is 2. The van der Waals surface area contributed by atoms with Crippen molar-refractivity contribution in [2.75, 3.05) is 6.54 Å². The molecule has 5 heteroatoms. The van der Waals surface area contributed by atoms with E-state index in [2.05, 4.69) is 5.32 Å². The van der Waals surface area contributed by atoms with Gasteiger partial charge in [0.25, 0.3) is 5.91 Å². The van der Waals surface area contributed by atoms with Gasteiger partial charge >= 0.3 is 5.97 Å². The van der Waals surface area contributed by atoms with Crippen molar-refractivity contribution in [3.8, 4) is 0 Å². The Kier molecular flexibility index (Phi) is 3.38. The summed E-state index contributed by atoms with van der Waals surface area (Å²) in [5.41, 5.74) is 0.591. The van der Waals surface area contributed by atoms with Crippen LogP contribution >= 0.6 is 0 Å². The van der Waals surface area contributed by atoms with Crippen LogP contribution in [-0.2, 0) is 4.79 Å². The molecular weight excluding hydrogens is 201 g/mol. The predicted molar refractivity (Wildman–Crippen MR) is 51.1 cm³/mol. The van der Waals surface area contributed by atoms with E-state index in [1.54, 1.807) is 6.92 Å². The number of rotatable bonds is 3. The van der Waals surface area contributed by atoms with Crippen LogP contribution in [-0.4, -0.2) is 23.5 Å². The van der Waals surface area contributed by atoms with Crippen molar-refractivity contribution in [3.05, 3.63) is 35.1 Å². The van der Waals surface area contributed by atoms with Crippen molar-refractivity contribution >= 4 is 11.9 Å². The molecule has 0 atom stereocenters. The number of carbonyl (C=O) groups excluding carboxylic acids is 1. The third kappa shape index (κ3) is 3.05. The first-order chi connectivity index (χ1) is 7.00. The van der Waals surface area contributed by atoms with E-state index >= 15 is 0 Å². The molecule has 0 radical (unpaired) electrons. The zero-order valence-electron chi connectivity index (χ0n) is 8.08. The van der Waals surface area contributed by atoms with Crippen LogP contribution in [0.5, 0.6) is 0 Å². The first-order valence-electron chi connectivity index (χ1n) is 4.27. The number of halogens is 1. The van der Waals surface area contributed by atoms with Crippen LogP contribution in [0.15, 0.2) is 18.2 Å². The largest absolute Gasteiger partial charge is 0.480 e. The van der Waals surface area contributed by atoms with Gasteiger partial charge in [-0.1, -0.05) is 11.6 Å². The van der Waals surface area contributed by atoms with Gasteiger partial charge in [0.05, 0.1) is 5.56 Å². The van der Waals surface area contributed by atoms with Crippen LogP contribution in [0.1, 0.15) is 15.9 Å². The summed E-state index contributed by atoms with van der Waals surface area (Å²) in [6, 6.07) is 4.07. The van der Waals surface area contributed by atoms with Gasteiger partial charge in [0, 0.05) is 0 Å². The van der Waals surface area contributed by atoms with Gasteiger partial charge in [-0.25, -0.2) is 4.39 Å². The Balaban J connectivity index is 2.81. The Labute approximate surface area is 85.7 Å². The molecular formula is C10H10FNO3. The van der Waals surface area contributed by atoms with Gasteiger partial charge in [0.2, 0.25) is 0 Å². The minimum absolute atomic E-state index is 0.142. The molecule has 1 aromatic carbocycles. The molecule has 0 spiro atoms. The smallest absolute Gasteiger partial charge is 0.322 e. The summed E-state index contributed by atoms with van der Waals surface area (Å²) >= 11 is 0. The van der Waals surface area contributed by atoms with E-state index in [4.69, 9.17) is 5.11 Å². The van der Waals surface area contributed by atoms with Gasteiger partial charge in [-0.05, 0) is 19.1 Å². The number of amides is 1. The fourth-order valence-corrected chi connectivity index (χ4v) is 1.06. The summed E-state index contributed by atoms with van der Waals surface area (Å²) in [6.45, 7) is 1.19. The highest BCUT2D eigenvalue weighted by Crippen LogP contribution is 2.09. The van der Waals surface area contributed by atoms with Gasteiger partial charge in [0.15, 0.2) is 0 Å². The number of carboxylic acid groups (broad SMARTS) is 1. The summed E-state index contributed by atoms with van der Waals surface area (Å²) in [5, 5.41) is 10.4. The molecule has 0 saturated heterocycles. The Hall–Kier alpha value is -1.91. The summed E-state index contributed by atoms with van der Waals surface area (Å²) in [7, 11) is 0. The number of hydrogen-bond donors (Lipinski definition) is 2. The predicted octanol–water partition coefficient (Wildman–Crippen LogP) is 0.949.